The first-order valence-electron chi connectivity index (χ1n) is 14.7. The van der Waals surface area contributed by atoms with E-state index in [1.165, 1.54) is 54.6 Å². The molecule has 0 radical (unpaired) electrons. The molecule has 0 heterocycles. The van der Waals surface area contributed by atoms with Gasteiger partial charge in [0.05, 0.1) is 5.56 Å². The number of aryl methyl sites for hydroxylation is 1. The summed E-state index contributed by atoms with van der Waals surface area (Å²) in [5, 5.41) is 0. The van der Waals surface area contributed by atoms with Gasteiger partial charge in [-0.15, -0.1) is 0 Å². The maximum atomic E-state index is 15.2. The van der Waals surface area contributed by atoms with Crippen LogP contribution in [0.3, 0.4) is 0 Å². The number of rotatable bonds is 11. The van der Waals surface area contributed by atoms with Crippen molar-refractivity contribution < 1.29 is 46.1 Å². The van der Waals surface area contributed by atoms with Crippen molar-refractivity contribution in [1.82, 2.24) is 0 Å². The van der Waals surface area contributed by atoms with Crippen LogP contribution >= 0.6 is 10.2 Å². The monoisotopic (exact) mass is 698 g/mol. The SMILES string of the molecule is CCCCCc1ccc(C(F)(F)Oc2ccc(-c3ccc(-c4ccc(-c5ccc(S(F)(F)(F)(F)F)c(F)c5)c(F)c4)c(F)c3)cc2)cc1. The normalized spacial score (nSPS) is 13.6. The summed E-state index contributed by atoms with van der Waals surface area (Å²) in [5.41, 5.74) is 0.642. The van der Waals surface area contributed by atoms with Crippen LogP contribution in [-0.4, -0.2) is 0 Å². The van der Waals surface area contributed by atoms with E-state index in [1.807, 2.05) is 0 Å². The van der Waals surface area contributed by atoms with Gasteiger partial charge in [-0.05, 0) is 89.2 Å². The summed E-state index contributed by atoms with van der Waals surface area (Å²) in [5.74, 6) is -4.22. The minimum atomic E-state index is -10.3. The number of unbranched alkanes of at least 4 members (excludes halogenated alkanes) is 2. The lowest BCUT2D eigenvalue weighted by Gasteiger charge is -2.40. The van der Waals surface area contributed by atoms with Crippen molar-refractivity contribution in [1.29, 1.82) is 0 Å². The Hall–Kier alpha value is -4.45. The smallest absolute Gasteiger partial charge is 0.426 e. The summed E-state index contributed by atoms with van der Waals surface area (Å²) >= 11 is 0. The lowest BCUT2D eigenvalue weighted by atomic mass is 9.97. The number of halogens is 10. The van der Waals surface area contributed by atoms with Crippen LogP contribution in [0, 0.1) is 17.5 Å². The zero-order valence-electron chi connectivity index (χ0n) is 25.2. The molecule has 0 atom stereocenters. The van der Waals surface area contributed by atoms with Crippen LogP contribution in [0.15, 0.2) is 108 Å². The zero-order chi connectivity index (χ0) is 35.0. The van der Waals surface area contributed by atoms with Gasteiger partial charge in [0.2, 0.25) is 0 Å². The van der Waals surface area contributed by atoms with E-state index in [-0.39, 0.29) is 34.6 Å². The Morgan fingerprint density at radius 2 is 1.06 bits per heavy atom. The predicted molar refractivity (Wildman–Crippen MR) is 168 cm³/mol. The third-order valence-electron chi connectivity index (χ3n) is 7.70. The molecule has 0 spiro atoms. The molecule has 12 heteroatoms. The van der Waals surface area contributed by atoms with Gasteiger partial charge < -0.3 is 4.74 Å². The molecule has 0 unspecified atom stereocenters. The largest absolute Gasteiger partial charge is 0.429 e. The summed E-state index contributed by atoms with van der Waals surface area (Å²) < 4.78 is 144. The van der Waals surface area contributed by atoms with Crippen LogP contribution in [0.4, 0.5) is 41.4 Å². The van der Waals surface area contributed by atoms with Gasteiger partial charge >= 0.3 is 16.3 Å². The van der Waals surface area contributed by atoms with Crippen LogP contribution < -0.4 is 4.74 Å². The molecule has 0 saturated carbocycles. The quantitative estimate of drug-likeness (QED) is 0.0986. The molecule has 1 nitrogen and oxygen atoms in total. The molecule has 48 heavy (non-hydrogen) atoms. The Morgan fingerprint density at radius 3 is 1.58 bits per heavy atom. The van der Waals surface area contributed by atoms with E-state index >= 15 is 4.39 Å². The van der Waals surface area contributed by atoms with E-state index in [2.05, 4.69) is 6.92 Å². The molecule has 5 rings (SSSR count). The zero-order valence-corrected chi connectivity index (χ0v) is 26.1. The van der Waals surface area contributed by atoms with Gasteiger partial charge in [-0.25, -0.2) is 13.2 Å². The lowest BCUT2D eigenvalue weighted by molar-refractivity contribution is -0.185. The number of ether oxygens (including phenoxy) is 1. The summed E-state index contributed by atoms with van der Waals surface area (Å²) in [6.45, 7) is 2.08. The molecule has 0 saturated heterocycles. The van der Waals surface area contributed by atoms with Gasteiger partial charge in [-0.1, -0.05) is 93.8 Å². The molecule has 254 valence electrons. The van der Waals surface area contributed by atoms with Gasteiger partial charge in [-0.2, -0.15) is 8.78 Å². The van der Waals surface area contributed by atoms with E-state index in [0.717, 1.165) is 49.4 Å². The van der Waals surface area contributed by atoms with Gasteiger partial charge in [0, 0.05) is 11.1 Å². The van der Waals surface area contributed by atoms with E-state index in [4.69, 9.17) is 4.74 Å². The van der Waals surface area contributed by atoms with Crippen molar-refractivity contribution >= 4 is 10.2 Å². The highest BCUT2D eigenvalue weighted by molar-refractivity contribution is 8.45. The second kappa shape index (κ2) is 12.2. The average molecular weight is 699 g/mol. The molecule has 0 aromatic heterocycles. The molecule has 0 amide bonds. The Labute approximate surface area is 270 Å². The topological polar surface area (TPSA) is 9.23 Å². The summed E-state index contributed by atoms with van der Waals surface area (Å²) in [6, 6.07) is 19.2. The second-order valence-electron chi connectivity index (χ2n) is 11.3. The van der Waals surface area contributed by atoms with Crippen molar-refractivity contribution in [2.75, 3.05) is 0 Å². The molecular formula is C36H28F10OS. The molecule has 0 fully saturated rings. The Morgan fingerprint density at radius 1 is 0.562 bits per heavy atom. The third kappa shape index (κ3) is 7.98. The van der Waals surface area contributed by atoms with Crippen molar-refractivity contribution in [2.45, 2.75) is 43.6 Å². The molecule has 5 aromatic rings. The Balaban J connectivity index is 1.30. The first-order valence-corrected chi connectivity index (χ1v) is 16.7. The summed E-state index contributed by atoms with van der Waals surface area (Å²) in [6.07, 6.45) is 0.287. The third-order valence-corrected chi connectivity index (χ3v) is 8.86. The average Bonchev–Trinajstić information content (AvgIpc) is 3.00. The van der Waals surface area contributed by atoms with Crippen LogP contribution in [0.25, 0.3) is 33.4 Å². The van der Waals surface area contributed by atoms with Crippen LogP contribution in [-0.2, 0) is 12.5 Å². The van der Waals surface area contributed by atoms with Gasteiger partial charge in [-0.3, -0.25) is 0 Å². The first kappa shape index (κ1) is 34.9. The highest BCUT2D eigenvalue weighted by Gasteiger charge is 2.67. The van der Waals surface area contributed by atoms with Crippen molar-refractivity contribution in [3.05, 3.63) is 132 Å². The highest BCUT2D eigenvalue weighted by atomic mass is 32.5. The van der Waals surface area contributed by atoms with Gasteiger partial charge in [0.15, 0.2) is 0 Å². The molecule has 0 aliphatic carbocycles. The highest BCUT2D eigenvalue weighted by Crippen LogP contribution is 3.02. The van der Waals surface area contributed by atoms with Crippen molar-refractivity contribution in [3.8, 4) is 39.1 Å². The van der Waals surface area contributed by atoms with E-state index in [9.17, 15) is 37.0 Å². The van der Waals surface area contributed by atoms with Crippen molar-refractivity contribution in [3.63, 3.8) is 0 Å². The standard InChI is InChI=1S/C36H28F10OS/c1-2-3-4-5-23-6-13-28(14-7-23)36(40,41)47-29-15-8-24(9-16-29)25-10-17-30(32(37)20-25)26-11-18-31(33(38)21-26)27-12-19-35(34(39)22-27)48(42,43,44,45)46/h6-22H,2-5H2,1H3. The number of hydrogen-bond donors (Lipinski definition) is 0. The molecule has 0 aliphatic rings. The van der Waals surface area contributed by atoms with Crippen LogP contribution in [0.2, 0.25) is 0 Å². The first-order chi connectivity index (χ1) is 22.3. The number of benzene rings is 5. The fourth-order valence-electron chi connectivity index (χ4n) is 5.19. The molecule has 0 bridgehead atoms. The van der Waals surface area contributed by atoms with Crippen LogP contribution in [0.1, 0.15) is 37.3 Å². The van der Waals surface area contributed by atoms with E-state index in [0.29, 0.717) is 17.2 Å². The predicted octanol–water partition coefficient (Wildman–Crippen LogP) is 13.6. The van der Waals surface area contributed by atoms with E-state index < -0.39 is 49.8 Å². The molecule has 0 N–H and O–H groups in total. The molecule has 0 aliphatic heterocycles. The van der Waals surface area contributed by atoms with Gasteiger partial charge in [0.25, 0.3) is 0 Å². The van der Waals surface area contributed by atoms with Crippen LogP contribution in [0.5, 0.6) is 5.75 Å². The van der Waals surface area contributed by atoms with Crippen molar-refractivity contribution in [2.24, 2.45) is 0 Å². The second-order valence-corrected chi connectivity index (χ2v) is 13.7. The summed E-state index contributed by atoms with van der Waals surface area (Å²) in [7, 11) is -10.3. The summed E-state index contributed by atoms with van der Waals surface area (Å²) in [4.78, 5) is -2.71. The maximum absolute atomic E-state index is 15.2. The van der Waals surface area contributed by atoms with Gasteiger partial charge in [0.1, 0.15) is 28.1 Å². The maximum Gasteiger partial charge on any atom is 0.426 e. The molecular weight excluding hydrogens is 670 g/mol. The Bertz CT molecular complexity index is 1940. The lowest BCUT2D eigenvalue weighted by Crippen LogP contribution is -2.21. The molecule has 5 aromatic carbocycles. The minimum absolute atomic E-state index is 0.0318. The number of hydrogen-bond acceptors (Lipinski definition) is 1. The minimum Gasteiger partial charge on any atom is -0.429 e. The van der Waals surface area contributed by atoms with E-state index in [1.54, 1.807) is 12.1 Å². The number of alkyl halides is 2. The fraction of sp³-hybridized carbons (Fsp3) is 0.167. The Kier molecular flexibility index (Phi) is 8.87. The fourth-order valence-corrected chi connectivity index (χ4v) is 5.95.